The van der Waals surface area contributed by atoms with E-state index in [4.69, 9.17) is 4.74 Å². The number of nitrogens with one attached hydrogen (secondary N) is 1. The average molecular weight is 383 g/mol. The fourth-order valence-electron chi connectivity index (χ4n) is 2.86. The maximum atomic E-state index is 13.0. The summed E-state index contributed by atoms with van der Waals surface area (Å²) in [5.41, 5.74) is 4.82. The molecule has 0 aliphatic heterocycles. The van der Waals surface area contributed by atoms with Crippen LogP contribution in [0, 0.1) is 0 Å². The third-order valence-electron chi connectivity index (χ3n) is 4.09. The van der Waals surface area contributed by atoms with Gasteiger partial charge in [0.05, 0.1) is 15.9 Å². The molecule has 0 saturated carbocycles. The summed E-state index contributed by atoms with van der Waals surface area (Å²) in [6, 6.07) is 18.6. The summed E-state index contributed by atoms with van der Waals surface area (Å²) in [5, 5.41) is 6.40. The average Bonchev–Trinajstić information content (AvgIpc) is 3.09. The van der Waals surface area contributed by atoms with Gasteiger partial charge in [-0.25, -0.2) is 4.98 Å². The lowest BCUT2D eigenvalue weighted by molar-refractivity contribution is -0.0489. The second-order valence-corrected chi connectivity index (χ2v) is 6.87. The third kappa shape index (κ3) is 3.59. The molecular weight excluding hydrogens is 368 g/mol. The van der Waals surface area contributed by atoms with Crippen LogP contribution in [-0.4, -0.2) is 17.3 Å². The molecule has 0 aliphatic rings. The molecule has 1 aromatic heterocycles. The van der Waals surface area contributed by atoms with Crippen LogP contribution in [0.15, 0.2) is 65.8 Å². The second-order valence-electron chi connectivity index (χ2n) is 5.84. The van der Waals surface area contributed by atoms with Crippen LogP contribution in [-0.2, 0) is 0 Å². The number of thiazole rings is 1. The predicted octanol–water partition coefficient (Wildman–Crippen LogP) is 5.89. The van der Waals surface area contributed by atoms with Crippen molar-refractivity contribution in [1.82, 2.24) is 4.98 Å². The van der Waals surface area contributed by atoms with E-state index in [0.717, 1.165) is 15.6 Å². The Kier molecular flexibility index (Phi) is 4.68. The fraction of sp³-hybridized carbons (Fsp3) is 0.100. The van der Waals surface area contributed by atoms with E-state index >= 15 is 0 Å². The molecule has 0 aliphatic carbocycles. The van der Waals surface area contributed by atoms with Crippen molar-refractivity contribution >= 4 is 43.2 Å². The van der Waals surface area contributed by atoms with Gasteiger partial charge in [-0.2, -0.15) is 13.9 Å². The molecule has 4 aromatic rings. The number of anilines is 1. The van der Waals surface area contributed by atoms with Gasteiger partial charge in [-0.1, -0.05) is 53.8 Å². The maximum Gasteiger partial charge on any atom is 0.387 e. The minimum atomic E-state index is -2.92. The summed E-state index contributed by atoms with van der Waals surface area (Å²) in [4.78, 5) is 4.45. The first-order valence-electron chi connectivity index (χ1n) is 8.24. The predicted molar refractivity (Wildman–Crippen MR) is 106 cm³/mol. The van der Waals surface area contributed by atoms with Gasteiger partial charge >= 0.3 is 6.61 Å². The lowest BCUT2D eigenvalue weighted by atomic mass is 10.0. The second kappa shape index (κ2) is 7.28. The highest BCUT2D eigenvalue weighted by atomic mass is 32.1. The van der Waals surface area contributed by atoms with Gasteiger partial charge in [0.1, 0.15) is 5.75 Å². The van der Waals surface area contributed by atoms with E-state index in [0.29, 0.717) is 21.8 Å². The van der Waals surface area contributed by atoms with Crippen LogP contribution in [0.1, 0.15) is 12.5 Å². The monoisotopic (exact) mass is 383 g/mol. The summed E-state index contributed by atoms with van der Waals surface area (Å²) in [5.74, 6) is 0.121. The number of rotatable bonds is 5. The molecule has 4 nitrogen and oxygen atoms in total. The minimum absolute atomic E-state index is 0.121. The van der Waals surface area contributed by atoms with Crippen molar-refractivity contribution in [1.29, 1.82) is 0 Å². The van der Waals surface area contributed by atoms with E-state index in [1.165, 1.54) is 11.3 Å². The summed E-state index contributed by atoms with van der Waals surface area (Å²) in [7, 11) is 0. The van der Waals surface area contributed by atoms with E-state index in [-0.39, 0.29) is 5.75 Å². The Hall–Kier alpha value is -3.06. The highest BCUT2D eigenvalue weighted by Gasteiger charge is 2.15. The Balaban J connectivity index is 1.70. The summed E-state index contributed by atoms with van der Waals surface area (Å²) in [6.07, 6.45) is 0. The Morgan fingerprint density at radius 1 is 1.07 bits per heavy atom. The van der Waals surface area contributed by atoms with Crippen LogP contribution in [0.5, 0.6) is 5.75 Å². The van der Waals surface area contributed by atoms with Crippen molar-refractivity contribution in [2.75, 3.05) is 5.43 Å². The van der Waals surface area contributed by atoms with E-state index < -0.39 is 6.61 Å². The highest BCUT2D eigenvalue weighted by molar-refractivity contribution is 7.22. The molecular formula is C20H15F2N3OS. The smallest absolute Gasteiger partial charge is 0.387 e. The zero-order valence-electron chi connectivity index (χ0n) is 14.3. The van der Waals surface area contributed by atoms with Gasteiger partial charge in [-0.3, -0.25) is 5.43 Å². The highest BCUT2D eigenvalue weighted by Crippen LogP contribution is 2.32. The Labute approximate surface area is 158 Å². The first-order chi connectivity index (χ1) is 13.1. The van der Waals surface area contributed by atoms with Crippen molar-refractivity contribution in [2.24, 2.45) is 5.10 Å². The summed E-state index contributed by atoms with van der Waals surface area (Å²) >= 11 is 1.47. The molecule has 1 N–H and O–H groups in total. The number of ether oxygens (including phenoxy) is 1. The zero-order chi connectivity index (χ0) is 18.8. The Morgan fingerprint density at radius 2 is 1.85 bits per heavy atom. The molecule has 0 fully saturated rings. The molecule has 0 amide bonds. The van der Waals surface area contributed by atoms with E-state index in [2.05, 4.69) is 15.5 Å². The largest absolute Gasteiger partial charge is 0.433 e. The van der Waals surface area contributed by atoms with Crippen LogP contribution in [0.3, 0.4) is 0 Å². The first kappa shape index (κ1) is 17.4. The normalized spacial score (nSPS) is 12.1. The molecule has 136 valence electrons. The number of hydrazone groups is 1. The number of para-hydroxylation sites is 1. The standard InChI is InChI=1S/C20H15F2N3OS/c1-12(24-25-20-23-16-8-4-5-9-17(16)27-20)14-11-10-13-6-2-3-7-15(13)18(14)26-19(21)22/h2-11,19H,1H3,(H,23,25)/b24-12-. The van der Waals surface area contributed by atoms with E-state index in [1.807, 2.05) is 42.5 Å². The van der Waals surface area contributed by atoms with Gasteiger partial charge in [0.15, 0.2) is 0 Å². The maximum absolute atomic E-state index is 13.0. The van der Waals surface area contributed by atoms with Gasteiger partial charge in [0.25, 0.3) is 0 Å². The van der Waals surface area contributed by atoms with Crippen molar-refractivity contribution in [3.63, 3.8) is 0 Å². The third-order valence-corrected chi connectivity index (χ3v) is 5.03. The number of hydrogen-bond acceptors (Lipinski definition) is 5. The van der Waals surface area contributed by atoms with Crippen molar-refractivity contribution in [3.05, 3.63) is 66.2 Å². The number of alkyl halides is 2. The molecule has 27 heavy (non-hydrogen) atoms. The quantitative estimate of drug-likeness (QED) is 0.345. The van der Waals surface area contributed by atoms with Crippen molar-refractivity contribution in [3.8, 4) is 5.75 Å². The molecule has 0 saturated heterocycles. The van der Waals surface area contributed by atoms with E-state index in [1.54, 1.807) is 25.1 Å². The molecule has 0 radical (unpaired) electrons. The van der Waals surface area contributed by atoms with Gasteiger partial charge < -0.3 is 4.74 Å². The van der Waals surface area contributed by atoms with Crippen LogP contribution in [0.4, 0.5) is 13.9 Å². The number of hydrogen-bond donors (Lipinski definition) is 1. The Morgan fingerprint density at radius 3 is 2.67 bits per heavy atom. The van der Waals surface area contributed by atoms with Gasteiger partial charge in [0, 0.05) is 10.9 Å². The van der Waals surface area contributed by atoms with Crippen molar-refractivity contribution in [2.45, 2.75) is 13.5 Å². The first-order valence-corrected chi connectivity index (χ1v) is 9.06. The number of nitrogens with zero attached hydrogens (tertiary/aromatic N) is 2. The number of aromatic nitrogens is 1. The Bertz CT molecular complexity index is 1110. The van der Waals surface area contributed by atoms with E-state index in [9.17, 15) is 8.78 Å². The molecule has 1 heterocycles. The minimum Gasteiger partial charge on any atom is -0.433 e. The lowest BCUT2D eigenvalue weighted by Crippen LogP contribution is -2.08. The molecule has 0 spiro atoms. The van der Waals surface area contributed by atoms with Crippen LogP contribution in [0.2, 0.25) is 0 Å². The molecule has 0 atom stereocenters. The van der Waals surface area contributed by atoms with Gasteiger partial charge in [-0.05, 0) is 30.5 Å². The molecule has 0 bridgehead atoms. The number of fused-ring (bicyclic) bond motifs is 2. The molecule has 7 heteroatoms. The molecule has 0 unspecified atom stereocenters. The number of benzene rings is 3. The summed E-state index contributed by atoms with van der Waals surface area (Å²) in [6.45, 7) is -1.18. The lowest BCUT2D eigenvalue weighted by Gasteiger charge is -2.13. The van der Waals surface area contributed by atoms with Gasteiger partial charge in [-0.15, -0.1) is 0 Å². The van der Waals surface area contributed by atoms with Crippen LogP contribution >= 0.6 is 11.3 Å². The fourth-order valence-corrected chi connectivity index (χ4v) is 3.66. The SMILES string of the molecule is C/C(=N/Nc1nc2ccccc2s1)c1ccc2ccccc2c1OC(F)F. The summed E-state index contributed by atoms with van der Waals surface area (Å²) < 4.78 is 31.8. The molecule has 4 rings (SSSR count). The van der Waals surface area contributed by atoms with Crippen LogP contribution < -0.4 is 10.2 Å². The van der Waals surface area contributed by atoms with Crippen LogP contribution in [0.25, 0.3) is 21.0 Å². The van der Waals surface area contributed by atoms with Gasteiger partial charge in [0.2, 0.25) is 5.13 Å². The topological polar surface area (TPSA) is 46.5 Å². The zero-order valence-corrected chi connectivity index (χ0v) is 15.1. The number of halogens is 2. The van der Waals surface area contributed by atoms with Crippen molar-refractivity contribution < 1.29 is 13.5 Å². The molecule has 3 aromatic carbocycles.